The first-order valence-electron chi connectivity index (χ1n) is 9.25. The molecule has 1 heterocycles. The van der Waals surface area contributed by atoms with E-state index in [1.807, 2.05) is 0 Å². The van der Waals surface area contributed by atoms with E-state index >= 15 is 0 Å². The summed E-state index contributed by atoms with van der Waals surface area (Å²) >= 11 is 1.01. The molecule has 0 atom stereocenters. The van der Waals surface area contributed by atoms with Crippen molar-refractivity contribution < 1.29 is 23.1 Å². The van der Waals surface area contributed by atoms with Crippen molar-refractivity contribution in [3.8, 4) is 0 Å². The van der Waals surface area contributed by atoms with Crippen molar-refractivity contribution in [2.75, 3.05) is 9.62 Å². The molecule has 13 heteroatoms. The van der Waals surface area contributed by atoms with Crippen molar-refractivity contribution in [3.05, 3.63) is 80.9 Å². The van der Waals surface area contributed by atoms with Gasteiger partial charge in [0.1, 0.15) is 0 Å². The molecule has 1 amide bonds. The maximum absolute atomic E-state index is 13.6. The van der Waals surface area contributed by atoms with E-state index < -0.39 is 19.9 Å². The summed E-state index contributed by atoms with van der Waals surface area (Å²) in [5, 5.41) is 25.0. The summed E-state index contributed by atoms with van der Waals surface area (Å²) in [6, 6.07) is 13.0. The van der Waals surface area contributed by atoms with Gasteiger partial charge in [-0.15, -0.1) is 0 Å². The van der Waals surface area contributed by atoms with E-state index in [0.29, 0.717) is 5.69 Å². The lowest BCUT2D eigenvalue weighted by molar-refractivity contribution is -0.385. The van der Waals surface area contributed by atoms with E-state index in [1.165, 1.54) is 67.6 Å². The predicted molar refractivity (Wildman–Crippen MR) is 120 cm³/mol. The summed E-state index contributed by atoms with van der Waals surface area (Å²) in [5.41, 5.74) is 0.276. The smallest absolute Gasteiger partial charge is 0.270 e. The Morgan fingerprint density at radius 1 is 0.879 bits per heavy atom. The number of nitrogens with zero attached hydrogens (tertiary/aromatic N) is 3. The van der Waals surface area contributed by atoms with Gasteiger partial charge in [-0.3, -0.25) is 25.0 Å². The minimum Gasteiger partial charge on any atom is -0.326 e. The quantitative estimate of drug-likeness (QED) is 0.410. The number of nitro groups is 2. The maximum Gasteiger partial charge on any atom is 0.270 e. The fraction of sp³-hybridized carbons (Fsp3) is 0.0500. The van der Waals surface area contributed by atoms with Crippen molar-refractivity contribution in [1.29, 1.82) is 0 Å². The van der Waals surface area contributed by atoms with E-state index in [4.69, 9.17) is 0 Å². The Labute approximate surface area is 191 Å². The first-order chi connectivity index (χ1) is 15.6. The molecule has 0 bridgehead atoms. The van der Waals surface area contributed by atoms with Gasteiger partial charge >= 0.3 is 0 Å². The molecule has 3 aromatic rings. The molecule has 0 spiro atoms. The van der Waals surface area contributed by atoms with Gasteiger partial charge in [0.25, 0.3) is 21.4 Å². The number of carbonyl (C=O) groups excluding carboxylic acids is 1. The lowest BCUT2D eigenvalue weighted by atomic mass is 10.2. The van der Waals surface area contributed by atoms with Gasteiger partial charge in [0.15, 0.2) is 0 Å². The summed E-state index contributed by atoms with van der Waals surface area (Å²) in [6.07, 6.45) is 0. The topological polar surface area (TPSA) is 153 Å². The molecule has 4 rings (SSSR count). The molecule has 0 saturated carbocycles. The van der Waals surface area contributed by atoms with Crippen LogP contribution >= 0.6 is 11.8 Å². The minimum absolute atomic E-state index is 0.0999. The third-order valence-corrected chi connectivity index (χ3v) is 7.51. The second kappa shape index (κ2) is 8.18. The zero-order valence-electron chi connectivity index (χ0n) is 16.8. The van der Waals surface area contributed by atoms with Gasteiger partial charge in [-0.2, -0.15) is 0 Å². The van der Waals surface area contributed by atoms with Crippen LogP contribution in [0.15, 0.2) is 75.4 Å². The summed E-state index contributed by atoms with van der Waals surface area (Å²) in [7, 11) is -4.23. The average Bonchev–Trinajstić information content (AvgIpc) is 2.76. The molecule has 3 aromatic carbocycles. The number of amides is 1. The molecule has 1 aliphatic rings. The largest absolute Gasteiger partial charge is 0.326 e. The minimum atomic E-state index is -4.23. The number of rotatable bonds is 5. The van der Waals surface area contributed by atoms with Crippen LogP contribution in [0.25, 0.3) is 0 Å². The van der Waals surface area contributed by atoms with Crippen LogP contribution in [0.4, 0.5) is 28.4 Å². The monoisotopic (exact) mass is 486 g/mol. The van der Waals surface area contributed by atoms with Crippen LogP contribution in [0, 0.1) is 20.2 Å². The lowest BCUT2D eigenvalue weighted by Gasteiger charge is -2.31. The Morgan fingerprint density at radius 2 is 1.36 bits per heavy atom. The number of fused-ring (bicyclic) bond motifs is 2. The van der Waals surface area contributed by atoms with Crippen molar-refractivity contribution in [1.82, 2.24) is 0 Å². The highest BCUT2D eigenvalue weighted by atomic mass is 32.2. The van der Waals surface area contributed by atoms with Gasteiger partial charge in [0.2, 0.25) is 5.91 Å². The van der Waals surface area contributed by atoms with Crippen molar-refractivity contribution in [2.24, 2.45) is 0 Å². The van der Waals surface area contributed by atoms with E-state index in [9.17, 15) is 33.4 Å². The molecule has 0 unspecified atom stereocenters. The van der Waals surface area contributed by atoms with Crippen LogP contribution in [0.3, 0.4) is 0 Å². The van der Waals surface area contributed by atoms with E-state index in [1.54, 1.807) is 0 Å². The van der Waals surface area contributed by atoms with E-state index in [2.05, 4.69) is 5.32 Å². The molecule has 0 fully saturated rings. The third-order valence-electron chi connectivity index (χ3n) is 4.68. The molecule has 11 nitrogen and oxygen atoms in total. The van der Waals surface area contributed by atoms with Crippen LogP contribution in [0.5, 0.6) is 0 Å². The first-order valence-corrected chi connectivity index (χ1v) is 11.5. The zero-order chi connectivity index (χ0) is 23.9. The second-order valence-corrected chi connectivity index (χ2v) is 9.77. The van der Waals surface area contributed by atoms with Crippen LogP contribution in [-0.2, 0) is 14.8 Å². The zero-order valence-corrected chi connectivity index (χ0v) is 18.4. The van der Waals surface area contributed by atoms with E-state index in [0.717, 1.165) is 16.1 Å². The van der Waals surface area contributed by atoms with Crippen molar-refractivity contribution in [3.63, 3.8) is 0 Å². The van der Waals surface area contributed by atoms with Crippen LogP contribution < -0.4 is 9.62 Å². The number of nitro benzene ring substituents is 2. The molecule has 1 N–H and O–H groups in total. The highest BCUT2D eigenvalue weighted by Gasteiger charge is 2.35. The summed E-state index contributed by atoms with van der Waals surface area (Å²) in [6.45, 7) is 1.32. The van der Waals surface area contributed by atoms with Gasteiger partial charge in [-0.1, -0.05) is 11.8 Å². The number of benzene rings is 3. The molecule has 1 aliphatic heterocycles. The number of hydrogen-bond donors (Lipinski definition) is 1. The molecule has 0 aromatic heterocycles. The Kier molecular flexibility index (Phi) is 5.51. The van der Waals surface area contributed by atoms with Crippen LogP contribution in [0.1, 0.15) is 6.92 Å². The number of nitrogens with one attached hydrogen (secondary N) is 1. The van der Waals surface area contributed by atoms with E-state index in [-0.39, 0.29) is 43.3 Å². The average molecular weight is 486 g/mol. The second-order valence-electron chi connectivity index (χ2n) is 6.90. The number of non-ortho nitro benzene ring substituents is 2. The number of carbonyl (C=O) groups is 1. The Bertz CT molecular complexity index is 1360. The first kappa shape index (κ1) is 22.2. The number of anilines is 3. The summed E-state index contributed by atoms with van der Waals surface area (Å²) < 4.78 is 28.3. The van der Waals surface area contributed by atoms with Crippen LogP contribution in [-0.4, -0.2) is 24.2 Å². The van der Waals surface area contributed by atoms with Gasteiger partial charge in [0, 0.05) is 46.7 Å². The molecule has 0 radical (unpaired) electrons. The fourth-order valence-electron chi connectivity index (χ4n) is 3.26. The normalized spacial score (nSPS) is 12.5. The summed E-state index contributed by atoms with van der Waals surface area (Å²) in [5.74, 6) is -0.315. The standard InChI is InChI=1S/C20H14N4O7S2/c1-12(25)21-13-2-6-16(7-3-13)33(30,31)22-17-8-4-14(23(26)27)10-19(17)32-20-11-15(24(28)29)5-9-18(20)22/h2-11H,1H3,(H,21,25). The van der Waals surface area contributed by atoms with Gasteiger partial charge in [-0.05, 0) is 36.4 Å². The molecule has 0 aliphatic carbocycles. The van der Waals surface area contributed by atoms with Gasteiger partial charge in [0.05, 0.1) is 26.1 Å². The van der Waals surface area contributed by atoms with Crippen LogP contribution in [0.2, 0.25) is 0 Å². The molecular formula is C20H14N4O7S2. The maximum atomic E-state index is 13.6. The third kappa shape index (κ3) is 4.10. The SMILES string of the molecule is CC(=O)Nc1ccc(S(=O)(=O)N2c3ccc([N+](=O)[O-])cc3Sc3cc([N+](=O)[O-])ccc32)cc1. The van der Waals surface area contributed by atoms with Gasteiger partial charge < -0.3 is 5.32 Å². The van der Waals surface area contributed by atoms with Gasteiger partial charge in [-0.25, -0.2) is 12.7 Å². The van der Waals surface area contributed by atoms with Crippen molar-refractivity contribution in [2.45, 2.75) is 21.6 Å². The Hall–Kier alpha value is -3.97. The lowest BCUT2D eigenvalue weighted by Crippen LogP contribution is -2.28. The molecular weight excluding hydrogens is 472 g/mol. The predicted octanol–water partition coefficient (Wildman–Crippen LogP) is 4.45. The molecule has 168 valence electrons. The highest BCUT2D eigenvalue weighted by molar-refractivity contribution is 8.00. The highest BCUT2D eigenvalue weighted by Crippen LogP contribution is 2.52. The van der Waals surface area contributed by atoms with Crippen molar-refractivity contribution >= 4 is 56.1 Å². The Morgan fingerprint density at radius 3 is 1.79 bits per heavy atom. The number of sulfonamides is 1. The summed E-state index contributed by atoms with van der Waals surface area (Å²) in [4.78, 5) is 32.9. The fourth-order valence-corrected chi connectivity index (χ4v) is 6.02. The number of hydrogen-bond acceptors (Lipinski definition) is 8. The Balaban J connectivity index is 1.89. The molecule has 0 saturated heterocycles. The molecule has 33 heavy (non-hydrogen) atoms.